The molecule has 0 spiro atoms. The van der Waals surface area contributed by atoms with Crippen LogP contribution in [0.2, 0.25) is 0 Å². The summed E-state index contributed by atoms with van der Waals surface area (Å²) in [5.41, 5.74) is 0.682. The Morgan fingerprint density at radius 3 is 2.35 bits per heavy atom. The molecule has 3 unspecified atom stereocenters. The number of fused-ring (bicyclic) bond motifs is 1. The van der Waals surface area contributed by atoms with Gasteiger partial charge in [-0.1, -0.05) is 32.1 Å². The predicted molar refractivity (Wildman–Crippen MR) is 85.4 cm³/mol. The van der Waals surface area contributed by atoms with Crippen LogP contribution in [0.5, 0.6) is 0 Å². The maximum absolute atomic E-state index is 12.4. The van der Waals surface area contributed by atoms with Crippen molar-refractivity contribution >= 4 is 28.3 Å². The number of urea groups is 1. The molecule has 1 aromatic heterocycles. The third-order valence-corrected chi connectivity index (χ3v) is 5.82. The number of likely N-dealkylation sites (N-methyl/N-ethyl adjacent to an activating group) is 1. The SMILES string of the molecule is CN1C(=O)N(c2nc3c(s2)C(=O)CC(C(C)(C)C)C3)C(O)C1O. The molecule has 2 N–H and O–H groups in total. The highest BCUT2D eigenvalue weighted by atomic mass is 32.1. The molecule has 3 rings (SSSR count). The highest BCUT2D eigenvalue weighted by Crippen LogP contribution is 2.41. The van der Waals surface area contributed by atoms with E-state index in [0.29, 0.717) is 23.4 Å². The highest BCUT2D eigenvalue weighted by Gasteiger charge is 2.45. The molecule has 0 radical (unpaired) electrons. The summed E-state index contributed by atoms with van der Waals surface area (Å²) in [4.78, 5) is 31.6. The number of ketones is 1. The standard InChI is InChI=1S/C15H21N3O4S/c1-15(2,3)7-5-8-10(9(19)6-7)23-13(16-8)18-12(21)11(20)17(4)14(18)22/h7,11-12,20-21H,5-6H2,1-4H3. The molecule has 1 saturated heterocycles. The molecule has 1 aliphatic heterocycles. The molecule has 1 fully saturated rings. The maximum Gasteiger partial charge on any atom is 0.330 e. The van der Waals surface area contributed by atoms with Gasteiger partial charge in [-0.25, -0.2) is 14.7 Å². The van der Waals surface area contributed by atoms with E-state index in [1.54, 1.807) is 0 Å². The van der Waals surface area contributed by atoms with Gasteiger partial charge < -0.3 is 10.2 Å². The Hall–Kier alpha value is -1.51. The Bertz CT molecular complexity index is 666. The second-order valence-corrected chi connectivity index (χ2v) is 8.23. The summed E-state index contributed by atoms with van der Waals surface area (Å²) in [7, 11) is 1.41. The van der Waals surface area contributed by atoms with Crippen LogP contribution in [0.1, 0.15) is 42.6 Å². The van der Waals surface area contributed by atoms with Crippen molar-refractivity contribution in [1.82, 2.24) is 9.88 Å². The number of hydrogen-bond acceptors (Lipinski definition) is 6. The van der Waals surface area contributed by atoms with Crippen LogP contribution in [0.25, 0.3) is 0 Å². The molecule has 0 saturated carbocycles. The van der Waals surface area contributed by atoms with E-state index in [9.17, 15) is 19.8 Å². The summed E-state index contributed by atoms with van der Waals surface area (Å²) in [6, 6.07) is -0.532. The number of amides is 2. The predicted octanol–water partition coefficient (Wildman–Crippen LogP) is 1.44. The normalized spacial score (nSPS) is 28.5. The molecule has 2 aliphatic rings. The fourth-order valence-corrected chi connectivity index (χ4v) is 4.02. The first-order valence-electron chi connectivity index (χ1n) is 7.56. The van der Waals surface area contributed by atoms with Crippen molar-refractivity contribution in [3.63, 3.8) is 0 Å². The monoisotopic (exact) mass is 339 g/mol. The van der Waals surface area contributed by atoms with Gasteiger partial charge in [0.1, 0.15) is 0 Å². The van der Waals surface area contributed by atoms with Crippen LogP contribution in [0.3, 0.4) is 0 Å². The number of aliphatic hydroxyl groups is 2. The van der Waals surface area contributed by atoms with Crippen molar-refractivity contribution in [2.45, 2.75) is 46.1 Å². The second kappa shape index (κ2) is 5.25. The number of aliphatic hydroxyl groups excluding tert-OH is 2. The van der Waals surface area contributed by atoms with Crippen molar-refractivity contribution in [2.24, 2.45) is 11.3 Å². The number of thiazole rings is 1. The molecular formula is C15H21N3O4S. The number of nitrogens with zero attached hydrogens (tertiary/aromatic N) is 3. The van der Waals surface area contributed by atoms with Gasteiger partial charge in [0.05, 0.1) is 10.6 Å². The fourth-order valence-electron chi connectivity index (χ4n) is 2.96. The van der Waals surface area contributed by atoms with Gasteiger partial charge in [0.15, 0.2) is 23.4 Å². The van der Waals surface area contributed by atoms with Crippen molar-refractivity contribution < 1.29 is 19.8 Å². The lowest BCUT2D eigenvalue weighted by molar-refractivity contribution is -0.0182. The van der Waals surface area contributed by atoms with E-state index in [1.165, 1.54) is 7.05 Å². The van der Waals surface area contributed by atoms with Crippen LogP contribution >= 0.6 is 11.3 Å². The quantitative estimate of drug-likeness (QED) is 0.807. The van der Waals surface area contributed by atoms with Gasteiger partial charge in [-0.3, -0.25) is 9.69 Å². The Labute approximate surface area is 138 Å². The molecule has 2 heterocycles. The number of anilines is 1. The lowest BCUT2D eigenvalue weighted by atomic mass is 9.73. The van der Waals surface area contributed by atoms with Crippen LogP contribution in [-0.2, 0) is 6.42 Å². The lowest BCUT2D eigenvalue weighted by Gasteiger charge is -2.32. The largest absolute Gasteiger partial charge is 0.369 e. The minimum absolute atomic E-state index is 0.00345. The molecule has 3 atom stereocenters. The molecule has 8 heteroatoms. The first kappa shape index (κ1) is 16.4. The van der Waals surface area contributed by atoms with Crippen molar-refractivity contribution in [3.05, 3.63) is 10.6 Å². The molecule has 0 aromatic carbocycles. The third kappa shape index (κ3) is 2.54. The zero-order chi connectivity index (χ0) is 17.1. The summed E-state index contributed by atoms with van der Waals surface area (Å²) >= 11 is 1.11. The fraction of sp³-hybridized carbons (Fsp3) is 0.667. The minimum Gasteiger partial charge on any atom is -0.369 e. The van der Waals surface area contributed by atoms with Crippen LogP contribution in [0.4, 0.5) is 9.93 Å². The van der Waals surface area contributed by atoms with Gasteiger partial charge in [-0.05, 0) is 17.8 Å². The smallest absolute Gasteiger partial charge is 0.330 e. The Morgan fingerprint density at radius 2 is 1.83 bits per heavy atom. The van der Waals surface area contributed by atoms with Crippen LogP contribution in [0, 0.1) is 11.3 Å². The molecule has 1 aromatic rings. The van der Waals surface area contributed by atoms with Gasteiger partial charge in [-0.2, -0.15) is 0 Å². The first-order chi connectivity index (χ1) is 10.6. The van der Waals surface area contributed by atoms with Crippen LogP contribution < -0.4 is 4.90 Å². The van der Waals surface area contributed by atoms with Gasteiger partial charge in [0, 0.05) is 13.5 Å². The molecule has 1 aliphatic carbocycles. The summed E-state index contributed by atoms with van der Waals surface area (Å²) in [5, 5.41) is 20.1. The van der Waals surface area contributed by atoms with Crippen LogP contribution in [0.15, 0.2) is 0 Å². The number of rotatable bonds is 1. The summed E-state index contributed by atoms with van der Waals surface area (Å²) < 4.78 is 0. The molecule has 2 amide bonds. The highest BCUT2D eigenvalue weighted by molar-refractivity contribution is 7.17. The topological polar surface area (TPSA) is 94.0 Å². The van der Waals surface area contributed by atoms with Gasteiger partial charge in [0.25, 0.3) is 0 Å². The van der Waals surface area contributed by atoms with Gasteiger partial charge in [-0.15, -0.1) is 0 Å². The Morgan fingerprint density at radius 1 is 1.17 bits per heavy atom. The Kier molecular flexibility index (Phi) is 3.74. The summed E-state index contributed by atoms with van der Waals surface area (Å²) in [6.45, 7) is 6.30. The van der Waals surface area contributed by atoms with E-state index in [2.05, 4.69) is 25.8 Å². The van der Waals surface area contributed by atoms with E-state index in [4.69, 9.17) is 0 Å². The number of aromatic nitrogens is 1. The van der Waals surface area contributed by atoms with E-state index < -0.39 is 18.5 Å². The van der Waals surface area contributed by atoms with Crippen LogP contribution in [-0.4, -0.2) is 51.4 Å². The third-order valence-electron chi connectivity index (χ3n) is 4.68. The first-order valence-corrected chi connectivity index (χ1v) is 8.38. The number of carbonyl (C=O) groups excluding carboxylic acids is 2. The number of hydrogen-bond donors (Lipinski definition) is 2. The zero-order valence-electron chi connectivity index (χ0n) is 13.6. The molecule has 23 heavy (non-hydrogen) atoms. The molecule has 0 bridgehead atoms. The molecular weight excluding hydrogens is 318 g/mol. The molecule has 126 valence electrons. The maximum atomic E-state index is 12.4. The van der Waals surface area contributed by atoms with Gasteiger partial charge in [0.2, 0.25) is 0 Å². The van der Waals surface area contributed by atoms with Gasteiger partial charge >= 0.3 is 6.03 Å². The van der Waals surface area contributed by atoms with Crippen molar-refractivity contribution in [3.8, 4) is 0 Å². The van der Waals surface area contributed by atoms with E-state index in [-0.39, 0.29) is 22.2 Å². The van der Waals surface area contributed by atoms with Crippen molar-refractivity contribution in [1.29, 1.82) is 0 Å². The second-order valence-electron chi connectivity index (χ2n) is 7.26. The van der Waals surface area contributed by atoms with Crippen molar-refractivity contribution in [2.75, 3.05) is 11.9 Å². The average molecular weight is 339 g/mol. The number of carbonyl (C=O) groups is 2. The summed E-state index contributed by atoms with van der Waals surface area (Å²) in [5.74, 6) is 0.231. The van der Waals surface area contributed by atoms with E-state index in [0.717, 1.165) is 21.1 Å². The number of Topliss-reactive ketones (excluding diaryl/α,β-unsaturated/α-hetero) is 1. The minimum atomic E-state index is -1.38. The van der Waals surface area contributed by atoms with E-state index in [1.807, 2.05) is 0 Å². The van der Waals surface area contributed by atoms with E-state index >= 15 is 0 Å². The summed E-state index contributed by atoms with van der Waals surface area (Å²) in [6.07, 6.45) is -1.54. The average Bonchev–Trinajstić information content (AvgIpc) is 2.95. The zero-order valence-corrected chi connectivity index (χ0v) is 14.4. The lowest BCUT2D eigenvalue weighted by Crippen LogP contribution is -2.36. The molecule has 7 nitrogen and oxygen atoms in total. The Balaban J connectivity index is 1.95.